The number of nitriles is 1. The lowest BCUT2D eigenvalue weighted by Crippen LogP contribution is -2.57. The van der Waals surface area contributed by atoms with Gasteiger partial charge in [0.1, 0.15) is 12.1 Å². The van der Waals surface area contributed by atoms with Crippen molar-refractivity contribution in [2.24, 2.45) is 5.92 Å². The van der Waals surface area contributed by atoms with Crippen LogP contribution in [0.25, 0.3) is 0 Å². The van der Waals surface area contributed by atoms with Crippen molar-refractivity contribution in [3.63, 3.8) is 0 Å². The van der Waals surface area contributed by atoms with Crippen molar-refractivity contribution in [3.05, 3.63) is 0 Å². The number of hydrogen-bond acceptors (Lipinski definition) is 4. The van der Waals surface area contributed by atoms with E-state index in [1.54, 1.807) is 0 Å². The van der Waals surface area contributed by atoms with Gasteiger partial charge >= 0.3 is 6.09 Å². The smallest absolute Gasteiger partial charge is 0.408 e. The molecule has 1 saturated carbocycles. The summed E-state index contributed by atoms with van der Waals surface area (Å²) in [6.45, 7) is 0.515. The van der Waals surface area contributed by atoms with Gasteiger partial charge in [-0.25, -0.2) is 4.79 Å². The number of carbonyl (C=O) groups is 2. The average Bonchev–Trinajstić information content (AvgIpc) is 3.09. The van der Waals surface area contributed by atoms with Gasteiger partial charge in [-0.3, -0.25) is 9.69 Å². The third-order valence-electron chi connectivity index (χ3n) is 4.79. The minimum atomic E-state index is -1.16. The molecule has 1 aliphatic carbocycles. The Balaban J connectivity index is 1.84. The molecule has 3 aliphatic rings. The number of fused-ring (bicyclic) bond motifs is 2. The summed E-state index contributed by atoms with van der Waals surface area (Å²) in [4.78, 5) is 26.6. The Hall–Kier alpha value is -1.81. The van der Waals surface area contributed by atoms with Gasteiger partial charge in [0.2, 0.25) is 5.91 Å². The monoisotopic (exact) mass is 279 g/mol. The van der Waals surface area contributed by atoms with E-state index in [4.69, 9.17) is 5.26 Å². The minimum absolute atomic E-state index is 0.126. The summed E-state index contributed by atoms with van der Waals surface area (Å²) in [5.41, 5.74) is 0. The summed E-state index contributed by atoms with van der Waals surface area (Å²) >= 11 is 0. The van der Waals surface area contributed by atoms with Crippen molar-refractivity contribution in [1.82, 2.24) is 9.80 Å². The fourth-order valence-corrected chi connectivity index (χ4v) is 3.94. The summed E-state index contributed by atoms with van der Waals surface area (Å²) < 4.78 is 0. The Labute approximate surface area is 116 Å². The molecule has 0 unspecified atom stereocenters. The number of nitrogens with zero attached hydrogens (tertiary/aromatic N) is 3. The lowest BCUT2D eigenvalue weighted by Gasteiger charge is -2.37. The van der Waals surface area contributed by atoms with Crippen molar-refractivity contribution >= 4 is 12.0 Å². The number of piperidine rings is 1. The number of hydrogen-bond donors (Lipinski definition) is 2. The molecule has 3 fully saturated rings. The van der Waals surface area contributed by atoms with E-state index in [1.165, 1.54) is 4.90 Å². The largest absolute Gasteiger partial charge is 0.465 e. The molecule has 3 rings (SSSR count). The molecule has 0 radical (unpaired) electrons. The van der Waals surface area contributed by atoms with E-state index >= 15 is 0 Å². The molecule has 2 aliphatic heterocycles. The third-order valence-corrected chi connectivity index (χ3v) is 4.79. The molecule has 2 N–H and O–H groups in total. The summed E-state index contributed by atoms with van der Waals surface area (Å²) in [5.74, 6) is -0.394. The molecule has 5 atom stereocenters. The van der Waals surface area contributed by atoms with E-state index in [-0.39, 0.29) is 11.8 Å². The highest BCUT2D eigenvalue weighted by molar-refractivity contribution is 5.87. The van der Waals surface area contributed by atoms with E-state index in [0.29, 0.717) is 25.8 Å². The van der Waals surface area contributed by atoms with Crippen LogP contribution in [-0.2, 0) is 4.79 Å². The fraction of sp³-hybridized carbons (Fsp3) is 0.769. The molecule has 0 aromatic carbocycles. The first-order valence-electron chi connectivity index (χ1n) is 6.94. The maximum Gasteiger partial charge on any atom is 0.408 e. The van der Waals surface area contributed by atoms with Crippen LogP contribution in [0.1, 0.15) is 25.7 Å². The predicted molar refractivity (Wildman–Crippen MR) is 66.5 cm³/mol. The second-order valence-corrected chi connectivity index (χ2v) is 5.82. The van der Waals surface area contributed by atoms with Gasteiger partial charge < -0.3 is 15.1 Å². The SMILES string of the molecule is N#C[C@@H]1CCCN1C(=O)[C@@H]1[C@@H]2C[C@@H](O)[C@@H](C2)N1C(=O)O. The average molecular weight is 279 g/mol. The highest BCUT2D eigenvalue weighted by Gasteiger charge is 2.57. The molecule has 0 spiro atoms. The number of aliphatic hydroxyl groups excluding tert-OH is 1. The molecule has 0 aromatic heterocycles. The van der Waals surface area contributed by atoms with Crippen LogP contribution in [0.5, 0.6) is 0 Å². The van der Waals surface area contributed by atoms with Crippen LogP contribution < -0.4 is 0 Å². The second-order valence-electron chi connectivity index (χ2n) is 5.82. The maximum absolute atomic E-state index is 12.6. The molecule has 2 bridgehead atoms. The molecule has 2 saturated heterocycles. The molecular formula is C13H17N3O4. The number of aliphatic hydroxyl groups is 1. The Morgan fingerprint density at radius 2 is 2.05 bits per heavy atom. The zero-order valence-corrected chi connectivity index (χ0v) is 11.0. The molecule has 2 amide bonds. The van der Waals surface area contributed by atoms with Crippen LogP contribution in [0.4, 0.5) is 4.79 Å². The minimum Gasteiger partial charge on any atom is -0.465 e. The van der Waals surface area contributed by atoms with Crippen LogP contribution in [0.3, 0.4) is 0 Å². The van der Waals surface area contributed by atoms with Crippen molar-refractivity contribution in [3.8, 4) is 6.07 Å². The van der Waals surface area contributed by atoms with Crippen LogP contribution in [0.15, 0.2) is 0 Å². The lowest BCUT2D eigenvalue weighted by atomic mass is 9.96. The number of carboxylic acid groups (broad SMARTS) is 1. The van der Waals surface area contributed by atoms with Gasteiger partial charge in [-0.2, -0.15) is 5.26 Å². The molecule has 0 aromatic rings. The quantitative estimate of drug-likeness (QED) is 0.703. The summed E-state index contributed by atoms with van der Waals surface area (Å²) in [6, 6.07) is 0.458. The Kier molecular flexibility index (Phi) is 3.05. The zero-order valence-electron chi connectivity index (χ0n) is 11.0. The summed E-state index contributed by atoms with van der Waals surface area (Å²) in [7, 11) is 0. The maximum atomic E-state index is 12.6. The lowest BCUT2D eigenvalue weighted by molar-refractivity contribution is -0.139. The number of carbonyl (C=O) groups excluding carboxylic acids is 1. The van der Waals surface area contributed by atoms with Gasteiger partial charge in [0, 0.05) is 6.54 Å². The van der Waals surface area contributed by atoms with Gasteiger partial charge in [-0.15, -0.1) is 0 Å². The van der Waals surface area contributed by atoms with E-state index < -0.39 is 30.3 Å². The van der Waals surface area contributed by atoms with Crippen molar-refractivity contribution in [1.29, 1.82) is 5.26 Å². The van der Waals surface area contributed by atoms with Gasteiger partial charge in [0.15, 0.2) is 0 Å². The second kappa shape index (κ2) is 4.63. The fourth-order valence-electron chi connectivity index (χ4n) is 3.94. The molecule has 20 heavy (non-hydrogen) atoms. The van der Waals surface area contributed by atoms with Gasteiger partial charge in [0.05, 0.1) is 18.2 Å². The predicted octanol–water partition coefficient (Wildman–Crippen LogP) is 0.00268. The van der Waals surface area contributed by atoms with Crippen molar-refractivity contribution in [2.75, 3.05) is 6.54 Å². The Morgan fingerprint density at radius 1 is 1.30 bits per heavy atom. The first kappa shape index (κ1) is 13.2. The number of amides is 2. The summed E-state index contributed by atoms with van der Waals surface area (Å²) in [5, 5.41) is 28.2. The standard InChI is InChI=1S/C13H17N3O4/c14-6-8-2-1-3-15(8)12(18)11-7-4-9(10(17)5-7)16(11)13(19)20/h7-11,17H,1-5H2,(H,19,20)/t7-,8-,9+,10+,11-/m0/s1. The normalized spacial score (nSPS) is 39.1. The van der Waals surface area contributed by atoms with Gasteiger partial charge in [-0.05, 0) is 31.6 Å². The molecular weight excluding hydrogens is 262 g/mol. The first-order valence-corrected chi connectivity index (χ1v) is 6.94. The third kappa shape index (κ3) is 1.75. The first-order chi connectivity index (χ1) is 9.54. The van der Waals surface area contributed by atoms with E-state index in [1.807, 2.05) is 0 Å². The highest BCUT2D eigenvalue weighted by atomic mass is 16.4. The van der Waals surface area contributed by atoms with Crippen molar-refractivity contribution < 1.29 is 19.8 Å². The Bertz CT molecular complexity index is 488. The molecule has 7 nitrogen and oxygen atoms in total. The molecule has 108 valence electrons. The highest BCUT2D eigenvalue weighted by Crippen LogP contribution is 2.43. The van der Waals surface area contributed by atoms with Crippen LogP contribution >= 0.6 is 0 Å². The summed E-state index contributed by atoms with van der Waals surface area (Å²) in [6.07, 6.45) is 0.595. The zero-order chi connectivity index (χ0) is 14.4. The number of rotatable bonds is 1. The van der Waals surface area contributed by atoms with Crippen molar-refractivity contribution in [2.45, 2.75) is 49.9 Å². The van der Waals surface area contributed by atoms with Gasteiger partial charge in [0.25, 0.3) is 0 Å². The number of likely N-dealkylation sites (tertiary alicyclic amines) is 2. The topological polar surface area (TPSA) is 105 Å². The molecule has 7 heteroatoms. The van der Waals surface area contributed by atoms with E-state index in [0.717, 1.165) is 11.3 Å². The Morgan fingerprint density at radius 3 is 2.70 bits per heavy atom. The van der Waals surface area contributed by atoms with Crippen LogP contribution in [0.2, 0.25) is 0 Å². The van der Waals surface area contributed by atoms with E-state index in [2.05, 4.69) is 6.07 Å². The van der Waals surface area contributed by atoms with Crippen LogP contribution in [0, 0.1) is 17.2 Å². The molecule has 2 heterocycles. The van der Waals surface area contributed by atoms with E-state index in [9.17, 15) is 19.8 Å². The van der Waals surface area contributed by atoms with Crippen LogP contribution in [-0.4, -0.2) is 62.8 Å². The van der Waals surface area contributed by atoms with Gasteiger partial charge in [-0.1, -0.05) is 0 Å².